The largest absolute Gasteiger partial charge is 0.453 e. The quantitative estimate of drug-likeness (QED) is 0.841. The van der Waals surface area contributed by atoms with E-state index in [0.717, 1.165) is 18.6 Å². The van der Waals surface area contributed by atoms with Crippen molar-refractivity contribution in [2.45, 2.75) is 43.7 Å². The number of hydrogen-bond acceptors (Lipinski definition) is 4. The van der Waals surface area contributed by atoms with E-state index < -0.39 is 0 Å². The van der Waals surface area contributed by atoms with Crippen molar-refractivity contribution in [1.29, 1.82) is 0 Å². The lowest BCUT2D eigenvalue weighted by molar-refractivity contribution is -0.122. The fourth-order valence-corrected chi connectivity index (χ4v) is 4.12. The van der Waals surface area contributed by atoms with Gasteiger partial charge < -0.3 is 15.0 Å². The maximum atomic E-state index is 12.7. The van der Waals surface area contributed by atoms with Gasteiger partial charge in [-0.05, 0) is 24.3 Å². The second-order valence-electron chi connectivity index (χ2n) is 6.70. The Morgan fingerprint density at radius 2 is 1.88 bits per heavy atom. The molecule has 1 unspecified atom stereocenters. The average molecular weight is 365 g/mol. The summed E-state index contributed by atoms with van der Waals surface area (Å²) < 4.78 is 4.75. The third-order valence-corrected chi connectivity index (χ3v) is 6.03. The van der Waals surface area contributed by atoms with E-state index in [2.05, 4.69) is 31.3 Å². The van der Waals surface area contributed by atoms with Crippen LogP contribution in [-0.4, -0.2) is 48.4 Å². The van der Waals surface area contributed by atoms with Crippen LogP contribution in [0.15, 0.2) is 30.3 Å². The van der Waals surface area contributed by atoms with Gasteiger partial charge in [0.15, 0.2) is 0 Å². The van der Waals surface area contributed by atoms with Crippen LogP contribution in [-0.2, 0) is 15.3 Å². The van der Waals surface area contributed by atoms with E-state index in [1.165, 1.54) is 12.7 Å². The monoisotopic (exact) mass is 364 g/mol. The van der Waals surface area contributed by atoms with Gasteiger partial charge >= 0.3 is 6.09 Å². The van der Waals surface area contributed by atoms with Crippen molar-refractivity contribution in [3.05, 3.63) is 35.9 Å². The molecule has 0 aromatic heterocycles. The molecular formula is C19H28N2O3S. The summed E-state index contributed by atoms with van der Waals surface area (Å²) in [6, 6.07) is 10.4. The zero-order chi connectivity index (χ0) is 18.2. The molecule has 2 rings (SSSR count). The number of rotatable bonds is 6. The number of methoxy groups -OCH3 is 1. The van der Waals surface area contributed by atoms with Gasteiger partial charge in [-0.25, -0.2) is 4.79 Å². The zero-order valence-corrected chi connectivity index (χ0v) is 16.1. The third kappa shape index (κ3) is 5.96. The molecule has 1 aromatic carbocycles. The Bertz CT molecular complexity index is 557. The van der Waals surface area contributed by atoms with Gasteiger partial charge in [0.25, 0.3) is 0 Å². The predicted octanol–water partition coefficient (Wildman–Crippen LogP) is 3.29. The van der Waals surface area contributed by atoms with Crippen LogP contribution in [0, 0.1) is 5.92 Å². The molecule has 0 aliphatic carbocycles. The molecule has 1 aromatic rings. The summed E-state index contributed by atoms with van der Waals surface area (Å²) in [7, 11) is 1.40. The summed E-state index contributed by atoms with van der Waals surface area (Å²) >= 11 is 1.69. The highest BCUT2D eigenvalue weighted by Crippen LogP contribution is 2.24. The van der Waals surface area contributed by atoms with Crippen molar-refractivity contribution >= 4 is 23.8 Å². The van der Waals surface area contributed by atoms with Crippen LogP contribution < -0.4 is 5.32 Å². The number of hydrogen-bond donors (Lipinski definition) is 1. The minimum atomic E-state index is -0.289. The highest BCUT2D eigenvalue weighted by Gasteiger charge is 2.28. The fraction of sp³-hybridized carbons (Fsp3) is 0.579. The third-order valence-electron chi connectivity index (χ3n) is 4.41. The van der Waals surface area contributed by atoms with Crippen molar-refractivity contribution < 1.29 is 14.3 Å². The predicted molar refractivity (Wildman–Crippen MR) is 102 cm³/mol. The van der Waals surface area contributed by atoms with Crippen LogP contribution in [0.3, 0.4) is 0 Å². The smallest absolute Gasteiger partial charge is 0.409 e. The number of nitrogens with one attached hydrogen (secondary N) is 1. The van der Waals surface area contributed by atoms with Crippen LogP contribution in [0.25, 0.3) is 0 Å². The van der Waals surface area contributed by atoms with Crippen molar-refractivity contribution in [3.63, 3.8) is 0 Å². The summed E-state index contributed by atoms with van der Waals surface area (Å²) in [5, 5.41) is 3.10. The number of thioether (sulfide) groups is 1. The van der Waals surface area contributed by atoms with E-state index in [4.69, 9.17) is 4.74 Å². The molecule has 6 heteroatoms. The maximum Gasteiger partial charge on any atom is 0.409 e. The van der Waals surface area contributed by atoms with E-state index in [9.17, 15) is 9.59 Å². The molecule has 25 heavy (non-hydrogen) atoms. The molecular weight excluding hydrogens is 336 g/mol. The number of likely N-dealkylation sites (tertiary alicyclic amines) is 1. The lowest BCUT2D eigenvalue weighted by atomic mass is 10.0. The highest BCUT2D eigenvalue weighted by molar-refractivity contribution is 7.99. The molecule has 0 radical (unpaired) electrons. The summed E-state index contributed by atoms with van der Waals surface area (Å²) in [6.07, 6.45) is 1.26. The zero-order valence-electron chi connectivity index (χ0n) is 15.2. The first-order chi connectivity index (χ1) is 12.0. The Hall–Kier alpha value is -1.69. The molecule has 1 heterocycles. The number of carbonyl (C=O) groups excluding carboxylic acids is 2. The number of benzene rings is 1. The minimum Gasteiger partial charge on any atom is -0.453 e. The molecule has 1 aliphatic heterocycles. The summed E-state index contributed by atoms with van der Waals surface area (Å²) in [6.45, 7) is 5.42. The van der Waals surface area contributed by atoms with Crippen molar-refractivity contribution in [2.24, 2.45) is 5.92 Å². The Balaban J connectivity index is 1.83. The molecule has 5 nitrogen and oxygen atoms in total. The first-order valence-electron chi connectivity index (χ1n) is 8.80. The molecule has 138 valence electrons. The first kappa shape index (κ1) is 19.6. The second-order valence-corrected chi connectivity index (χ2v) is 7.83. The van der Waals surface area contributed by atoms with Crippen LogP contribution in [0.5, 0.6) is 0 Å². The Labute approximate surface area is 154 Å². The van der Waals surface area contributed by atoms with Crippen molar-refractivity contribution in [1.82, 2.24) is 10.2 Å². The van der Waals surface area contributed by atoms with Gasteiger partial charge in [0.1, 0.15) is 0 Å². The number of amides is 2. The number of ether oxygens (including phenoxy) is 1. The standard InChI is InChI=1S/C19H28N2O3S/c1-14(2)17(25-13-15-7-5-4-6-8-15)18(22)20-16-9-11-21(12-10-16)19(23)24-3/h4-8,14,16-17H,9-13H2,1-3H3,(H,20,22). The van der Waals surface area contributed by atoms with E-state index >= 15 is 0 Å². The summed E-state index contributed by atoms with van der Waals surface area (Å²) in [5.74, 6) is 1.20. The van der Waals surface area contributed by atoms with Gasteiger partial charge in [-0.1, -0.05) is 44.2 Å². The Kier molecular flexibility index (Phi) is 7.62. The van der Waals surface area contributed by atoms with Gasteiger partial charge in [0.05, 0.1) is 12.4 Å². The molecule has 0 bridgehead atoms. The van der Waals surface area contributed by atoms with Gasteiger partial charge in [0, 0.05) is 24.9 Å². The number of nitrogens with zero attached hydrogens (tertiary/aromatic N) is 1. The molecule has 1 fully saturated rings. The normalized spacial score (nSPS) is 16.6. The Morgan fingerprint density at radius 1 is 1.24 bits per heavy atom. The maximum absolute atomic E-state index is 12.7. The molecule has 1 saturated heterocycles. The Morgan fingerprint density at radius 3 is 2.44 bits per heavy atom. The lowest BCUT2D eigenvalue weighted by Crippen LogP contribution is -2.49. The summed E-state index contributed by atoms with van der Waals surface area (Å²) in [5.41, 5.74) is 1.23. The van der Waals surface area contributed by atoms with Crippen molar-refractivity contribution in [2.75, 3.05) is 20.2 Å². The molecule has 2 amide bonds. The molecule has 1 N–H and O–H groups in total. The van der Waals surface area contributed by atoms with E-state index in [-0.39, 0.29) is 29.2 Å². The van der Waals surface area contributed by atoms with Gasteiger partial charge in [-0.15, -0.1) is 11.8 Å². The van der Waals surface area contributed by atoms with Crippen LogP contribution in [0.1, 0.15) is 32.3 Å². The highest BCUT2D eigenvalue weighted by atomic mass is 32.2. The average Bonchev–Trinajstić information content (AvgIpc) is 2.62. The number of piperidine rings is 1. The van der Waals surface area contributed by atoms with Gasteiger partial charge in [-0.2, -0.15) is 0 Å². The van der Waals surface area contributed by atoms with Crippen LogP contribution in [0.2, 0.25) is 0 Å². The number of carbonyl (C=O) groups is 2. The van der Waals surface area contributed by atoms with E-state index in [0.29, 0.717) is 13.1 Å². The van der Waals surface area contributed by atoms with Gasteiger partial charge in [0.2, 0.25) is 5.91 Å². The van der Waals surface area contributed by atoms with Crippen LogP contribution in [0.4, 0.5) is 4.79 Å². The summed E-state index contributed by atoms with van der Waals surface area (Å²) in [4.78, 5) is 25.9. The van der Waals surface area contributed by atoms with Crippen molar-refractivity contribution in [3.8, 4) is 0 Å². The molecule has 0 saturated carbocycles. The molecule has 0 spiro atoms. The second kappa shape index (κ2) is 9.70. The van der Waals surface area contributed by atoms with Gasteiger partial charge in [-0.3, -0.25) is 4.79 Å². The minimum absolute atomic E-state index is 0.0705. The molecule has 1 atom stereocenters. The molecule has 1 aliphatic rings. The topological polar surface area (TPSA) is 58.6 Å². The van der Waals surface area contributed by atoms with Crippen LogP contribution >= 0.6 is 11.8 Å². The van der Waals surface area contributed by atoms with E-state index in [1.807, 2.05) is 18.2 Å². The fourth-order valence-electron chi connectivity index (χ4n) is 2.95. The SMILES string of the molecule is COC(=O)N1CCC(NC(=O)C(SCc2ccccc2)C(C)C)CC1. The van der Waals surface area contributed by atoms with E-state index in [1.54, 1.807) is 16.7 Å². The first-order valence-corrected chi connectivity index (χ1v) is 9.85. The lowest BCUT2D eigenvalue weighted by Gasteiger charge is -2.32.